The van der Waals surface area contributed by atoms with E-state index in [4.69, 9.17) is 0 Å². The maximum absolute atomic E-state index is 3.99. The molecule has 4 rings (SSSR count). The van der Waals surface area contributed by atoms with Crippen LogP contribution in [0, 0.1) is 48.5 Å². The Hall–Kier alpha value is -3.59. The fraction of sp³-hybridized carbons (Fsp3) is 0.574. The molecule has 0 bridgehead atoms. The Labute approximate surface area is 468 Å². The molecule has 0 radical (unpaired) electrons. The number of anilines is 12. The quantitative estimate of drug-likeness (QED) is 0.0645. The van der Waals surface area contributed by atoms with Crippen molar-refractivity contribution in [2.45, 2.75) is 48.5 Å². The van der Waals surface area contributed by atoms with Crippen molar-refractivity contribution in [1.82, 2.24) is 0 Å². The van der Waals surface area contributed by atoms with Gasteiger partial charge in [-0.15, -0.1) is 0 Å². The van der Waals surface area contributed by atoms with Gasteiger partial charge in [-0.25, -0.2) is 0 Å². The molecule has 0 aliphatic carbocycles. The van der Waals surface area contributed by atoms with Gasteiger partial charge in [0.15, 0.2) is 8.07 Å². The molecule has 12 nitrogen and oxygen atoms in total. The molecule has 0 amide bonds. The summed E-state index contributed by atoms with van der Waals surface area (Å²) in [6.07, 6.45) is 0. The van der Waals surface area contributed by atoms with Gasteiger partial charge in [-0.2, -0.15) is 27.4 Å². The molecule has 398 valence electrons. The number of rotatable bonds is 16. The van der Waals surface area contributed by atoms with Gasteiger partial charge in [-0.3, -0.25) is 0 Å². The van der Waals surface area contributed by atoms with Crippen molar-refractivity contribution >= 4 is 97.1 Å². The molecule has 4 aromatic rings. The summed E-state index contributed by atoms with van der Waals surface area (Å²) >= 11 is 0. The zero-order valence-electron chi connectivity index (χ0n) is 50.0. The molecule has 17 heteroatoms. The van der Waals surface area contributed by atoms with Crippen LogP contribution in [0.1, 0.15) is 38.9 Å². The first-order valence-corrected chi connectivity index (χ1v) is 25.7. The van der Waals surface area contributed by atoms with Crippen LogP contribution in [0.15, 0.2) is 0 Å². The van der Waals surface area contributed by atoms with E-state index >= 15 is 0 Å². The van der Waals surface area contributed by atoms with Gasteiger partial charge in [-0.05, 0) is 37.5 Å². The molecule has 0 saturated heterocycles. The maximum Gasteiger partial charge on any atom is 4.00 e. The van der Waals surface area contributed by atoms with E-state index in [9.17, 15) is 0 Å². The first kappa shape index (κ1) is 67.4. The van der Waals surface area contributed by atoms with E-state index in [0.717, 1.165) is 0 Å². The predicted octanol–water partition coefficient (Wildman–Crippen LogP) is -3.26. The van der Waals surface area contributed by atoms with Crippen LogP contribution in [0.5, 0.6) is 0 Å². The molecule has 71 heavy (non-hydrogen) atoms. The summed E-state index contributed by atoms with van der Waals surface area (Å²) in [4.78, 5) is 28.9. The van der Waals surface area contributed by atoms with Crippen molar-refractivity contribution in [3.8, 4) is 0 Å². The van der Waals surface area contributed by atoms with Crippen LogP contribution in [0.25, 0.3) is 0 Å². The predicted molar refractivity (Wildman–Crippen MR) is 311 cm³/mol. The Morgan fingerprint density at radius 3 is 0.521 bits per heavy atom. The second-order valence-corrected chi connectivity index (χ2v) is 25.0. The van der Waals surface area contributed by atoms with Crippen LogP contribution >= 0.6 is 0 Å². The maximum atomic E-state index is 2.44. The van der Waals surface area contributed by atoms with Gasteiger partial charge in [0.2, 0.25) is 0 Å². The summed E-state index contributed by atoms with van der Waals surface area (Å²) < 4.78 is 0. The SMILES string of the molecule is Cc1c(N(C)C)c(N(C)C)c([Si](c2c(N(C)C)c(N(C)C)c(C)c(N(C)C)c2N(C)C)(c2c(N(C)C)c(N(C)C)c(C)c(N(C)C)c2N(C)C)c2c(C)c(C)c(C)[c-]2C)c(N(C)C)c1N(C)C.[Cl-].[Cl-].[Cl-].[Ti+4]. The molecule has 0 fully saturated rings. The smallest absolute Gasteiger partial charge is 1.00 e. The molecule has 0 aliphatic heterocycles. The zero-order valence-corrected chi connectivity index (χ0v) is 54.8. The van der Waals surface area contributed by atoms with Crippen LogP contribution in [-0.4, -0.2) is 177 Å². The Bertz CT molecular complexity index is 2130. The third-order valence-corrected chi connectivity index (χ3v) is 19.4. The van der Waals surface area contributed by atoms with Gasteiger partial charge in [0, 0.05) is 185 Å². The average molecular weight is 1090 g/mol. The Morgan fingerprint density at radius 1 is 0.254 bits per heavy atom. The third kappa shape index (κ3) is 10.7. The van der Waals surface area contributed by atoms with Gasteiger partial charge in [0.25, 0.3) is 0 Å². The summed E-state index contributed by atoms with van der Waals surface area (Å²) in [5.41, 5.74) is 23.9. The summed E-state index contributed by atoms with van der Waals surface area (Å²) in [5.74, 6) is 0. The Morgan fingerprint density at radius 2 is 0.408 bits per heavy atom. The van der Waals surface area contributed by atoms with Crippen molar-refractivity contribution in [3.63, 3.8) is 0 Å². The Kier molecular flexibility index (Phi) is 23.4. The van der Waals surface area contributed by atoms with Crippen LogP contribution in [-0.2, 0) is 21.7 Å². The largest absolute Gasteiger partial charge is 4.00 e. The summed E-state index contributed by atoms with van der Waals surface area (Å²) in [7, 11) is 50.1. The Balaban J connectivity index is 0.0000122. The van der Waals surface area contributed by atoms with Crippen LogP contribution in [0.4, 0.5) is 68.2 Å². The number of halogens is 3. The van der Waals surface area contributed by atoms with Crippen molar-refractivity contribution in [1.29, 1.82) is 0 Å². The van der Waals surface area contributed by atoms with E-state index in [2.05, 4.69) is 276 Å². The van der Waals surface area contributed by atoms with Crippen LogP contribution in [0.2, 0.25) is 0 Å². The normalized spacial score (nSPS) is 10.9. The monoisotopic (exact) mass is 1090 g/mol. The minimum atomic E-state index is -3.99. The summed E-state index contributed by atoms with van der Waals surface area (Å²) in [6, 6.07) is 0. The van der Waals surface area contributed by atoms with Gasteiger partial charge in [0.05, 0.1) is 68.2 Å². The third-order valence-electron chi connectivity index (χ3n) is 14.2. The number of hydrogen-bond donors (Lipinski definition) is 0. The fourth-order valence-electron chi connectivity index (χ4n) is 11.9. The average Bonchev–Trinajstić information content (AvgIpc) is 3.37. The first-order valence-electron chi connectivity index (χ1n) is 23.7. The molecule has 0 heterocycles. The van der Waals surface area contributed by atoms with Crippen molar-refractivity contribution in [2.24, 2.45) is 0 Å². The van der Waals surface area contributed by atoms with E-state index in [-0.39, 0.29) is 58.9 Å². The van der Waals surface area contributed by atoms with E-state index in [1.807, 2.05) is 0 Å². The zero-order chi connectivity index (χ0) is 51.7. The van der Waals surface area contributed by atoms with Gasteiger partial charge in [-0.1, -0.05) is 27.7 Å². The molecule has 0 spiro atoms. The first-order chi connectivity index (χ1) is 30.7. The standard InChI is InChI=1S/C54H93N12Si.3ClH.Ti/c1-32-33(2)35(4)51(34(32)3)67(52-45(61(20)21)39(55(8)9)36(5)40(56(10)11)46(52)62(22)23,53-47(63(24)25)41(57(12)13)37(6)42(58(14)15)48(53)64(26)27)54-49(65(28)29)43(59(16)17)38(7)44(60(18)19)50(54)66(30)31;;;;/h1-31H3;3*1H;/q-1;;;;+4/p-3. The van der Waals surface area contributed by atoms with Crippen molar-refractivity contribution < 1.29 is 58.9 Å². The minimum Gasteiger partial charge on any atom is -1.00 e. The number of hydrogen-bond acceptors (Lipinski definition) is 12. The van der Waals surface area contributed by atoms with Gasteiger partial charge >= 0.3 is 21.7 Å². The van der Waals surface area contributed by atoms with Crippen molar-refractivity contribution in [3.05, 3.63) is 38.9 Å². The second kappa shape index (κ2) is 24.6. The molecule has 0 aromatic heterocycles. The summed E-state index contributed by atoms with van der Waals surface area (Å²) in [6.45, 7) is 16.6. The molecular formula is C54H93Cl3N12SiTi. The van der Waals surface area contributed by atoms with Gasteiger partial charge < -0.3 is 96.0 Å². The molecule has 0 N–H and O–H groups in total. The molecule has 0 atom stereocenters. The molecule has 0 aliphatic rings. The van der Waals surface area contributed by atoms with Gasteiger partial charge in [0.1, 0.15) is 0 Å². The van der Waals surface area contributed by atoms with Crippen molar-refractivity contribution in [2.75, 3.05) is 228 Å². The summed E-state index contributed by atoms with van der Waals surface area (Å²) in [5, 5.41) is 5.54. The number of nitrogens with zero attached hydrogens (tertiary/aromatic N) is 12. The minimum absolute atomic E-state index is 0. The van der Waals surface area contributed by atoms with E-state index in [1.54, 1.807) is 0 Å². The van der Waals surface area contributed by atoms with Crippen LogP contribution in [0.3, 0.4) is 0 Å². The molecule has 0 unspecified atom stereocenters. The topological polar surface area (TPSA) is 38.9 Å². The van der Waals surface area contributed by atoms with E-state index in [1.165, 1.54) is 128 Å². The fourth-order valence-corrected chi connectivity index (χ4v) is 19.1. The molecule has 4 aromatic carbocycles. The van der Waals surface area contributed by atoms with Crippen LogP contribution < -0.4 is 117 Å². The van der Waals surface area contributed by atoms with E-state index in [0.29, 0.717) is 0 Å². The molecule has 0 saturated carbocycles. The van der Waals surface area contributed by atoms with E-state index < -0.39 is 8.07 Å². The molecular weight excluding hydrogens is 999 g/mol. The number of benzene rings is 3. The second-order valence-electron chi connectivity index (χ2n) is 21.5.